The highest BCUT2D eigenvalue weighted by molar-refractivity contribution is 5.93. The van der Waals surface area contributed by atoms with Crippen molar-refractivity contribution in [3.8, 4) is 0 Å². The van der Waals surface area contributed by atoms with E-state index in [2.05, 4.69) is 53.6 Å². The number of rotatable bonds is 4. The molecule has 5 heteroatoms. The fourth-order valence-corrected chi connectivity index (χ4v) is 9.45. The van der Waals surface area contributed by atoms with Crippen LogP contribution in [0.4, 0.5) is 0 Å². The normalized spacial score (nSPS) is 43.7. The molecule has 1 heterocycles. The molecular weight excluding hydrogens is 450 g/mol. The Morgan fingerprint density at radius 3 is 2.47 bits per heavy atom. The topological polar surface area (TPSA) is 80.4 Å². The third-order valence-corrected chi connectivity index (χ3v) is 12.0. The Morgan fingerprint density at radius 1 is 1.08 bits per heavy atom. The van der Waals surface area contributed by atoms with Crippen LogP contribution in [0.25, 0.3) is 0 Å². The predicted octanol–water partition coefficient (Wildman–Crippen LogP) is 7.36. The SMILES string of the molecule is CC1CC(C)(C)CC[C@@]1(CC[C@]1(C)CC(=O)C=C2[C@@]3(C)Cc4cnoc4[C@@H](C)[C@@H]3CC[C@]21C)C(=O)O. The monoisotopic (exact) mass is 495 g/mol. The summed E-state index contributed by atoms with van der Waals surface area (Å²) in [6.45, 7) is 15.9. The average molecular weight is 496 g/mol. The van der Waals surface area contributed by atoms with Gasteiger partial charge in [-0.2, -0.15) is 0 Å². The van der Waals surface area contributed by atoms with Crippen molar-refractivity contribution in [1.29, 1.82) is 0 Å². The second kappa shape index (κ2) is 8.04. The minimum atomic E-state index is -0.697. The number of ketones is 1. The standard InChI is InChI=1S/C31H45NO4/c1-19-15-27(3,4)10-12-31(19,26(34)35)13-11-28(5)17-22(33)14-24-29(6)16-21-18-32-36-25(21)20(2)23(29)8-9-30(24,28)7/h14,18-20,23H,8-13,15-17H2,1-7H3,(H,34,35)/t19?,20-,23-,28+,29-,30+,31-/m0/s1. The number of nitrogens with zero attached hydrogens (tertiary/aromatic N) is 1. The highest BCUT2D eigenvalue weighted by atomic mass is 16.5. The molecule has 1 unspecified atom stereocenters. The average Bonchev–Trinajstić information content (AvgIpc) is 3.23. The fourth-order valence-electron chi connectivity index (χ4n) is 9.45. The number of carbonyl (C=O) groups is 2. The van der Waals surface area contributed by atoms with E-state index in [1.54, 1.807) is 0 Å². The summed E-state index contributed by atoms with van der Waals surface area (Å²) >= 11 is 0. The molecule has 0 saturated heterocycles. The van der Waals surface area contributed by atoms with Crippen LogP contribution in [0.2, 0.25) is 0 Å². The molecule has 2 saturated carbocycles. The summed E-state index contributed by atoms with van der Waals surface area (Å²) in [4.78, 5) is 26.1. The largest absolute Gasteiger partial charge is 0.481 e. The zero-order valence-corrected chi connectivity index (χ0v) is 23.4. The lowest BCUT2D eigenvalue weighted by atomic mass is 9.41. The molecule has 2 fully saturated rings. The third kappa shape index (κ3) is 3.50. The molecule has 0 amide bonds. The van der Waals surface area contributed by atoms with Crippen LogP contribution in [0, 0.1) is 38.9 Å². The highest BCUT2D eigenvalue weighted by Gasteiger charge is 2.62. The van der Waals surface area contributed by atoms with Gasteiger partial charge >= 0.3 is 5.97 Å². The number of carboxylic acids is 1. The number of carboxylic acid groups (broad SMARTS) is 1. The van der Waals surface area contributed by atoms with Crippen molar-refractivity contribution in [2.24, 2.45) is 38.9 Å². The van der Waals surface area contributed by atoms with E-state index in [9.17, 15) is 14.7 Å². The Labute approximate surface area is 216 Å². The molecule has 1 aromatic rings. The molecule has 1 aromatic heterocycles. The minimum absolute atomic E-state index is 0.116. The van der Waals surface area contributed by atoms with Crippen LogP contribution < -0.4 is 0 Å². The van der Waals surface area contributed by atoms with Crippen LogP contribution in [0.1, 0.15) is 117 Å². The van der Waals surface area contributed by atoms with E-state index in [4.69, 9.17) is 4.52 Å². The van der Waals surface area contributed by atoms with Crippen molar-refractivity contribution >= 4 is 11.8 Å². The quantitative estimate of drug-likeness (QED) is 0.472. The number of hydrogen-bond acceptors (Lipinski definition) is 4. The maximum absolute atomic E-state index is 13.4. The summed E-state index contributed by atoms with van der Waals surface area (Å²) < 4.78 is 5.66. The number of carbonyl (C=O) groups excluding carboxylic acids is 1. The summed E-state index contributed by atoms with van der Waals surface area (Å²) in [6.07, 6.45) is 11.4. The lowest BCUT2D eigenvalue weighted by Crippen LogP contribution is -2.56. The third-order valence-electron chi connectivity index (χ3n) is 12.0. The molecule has 0 radical (unpaired) electrons. The minimum Gasteiger partial charge on any atom is -0.481 e. The van der Waals surface area contributed by atoms with Crippen LogP contribution in [0.3, 0.4) is 0 Å². The van der Waals surface area contributed by atoms with E-state index in [0.717, 1.165) is 50.7 Å². The van der Waals surface area contributed by atoms with Crippen molar-refractivity contribution in [1.82, 2.24) is 5.16 Å². The molecular formula is C31H45NO4. The molecule has 36 heavy (non-hydrogen) atoms. The Balaban J connectivity index is 1.49. The Morgan fingerprint density at radius 2 is 1.81 bits per heavy atom. The number of fused-ring (bicyclic) bond motifs is 4. The van der Waals surface area contributed by atoms with E-state index in [0.29, 0.717) is 18.8 Å². The summed E-state index contributed by atoms with van der Waals surface area (Å²) in [5, 5.41) is 14.6. The maximum atomic E-state index is 13.4. The zero-order valence-electron chi connectivity index (χ0n) is 23.4. The molecule has 5 nitrogen and oxygen atoms in total. The van der Waals surface area contributed by atoms with E-state index >= 15 is 0 Å². The van der Waals surface area contributed by atoms with Crippen LogP contribution in [0.15, 0.2) is 22.4 Å². The highest BCUT2D eigenvalue weighted by Crippen LogP contribution is 2.69. The number of hydrogen-bond donors (Lipinski definition) is 1. The number of allylic oxidation sites excluding steroid dienone is 2. The van der Waals surface area contributed by atoms with Gasteiger partial charge in [0, 0.05) is 17.9 Å². The second-order valence-corrected chi connectivity index (χ2v) is 14.6. The van der Waals surface area contributed by atoms with Gasteiger partial charge in [-0.15, -0.1) is 0 Å². The van der Waals surface area contributed by atoms with Gasteiger partial charge in [-0.3, -0.25) is 9.59 Å². The Kier molecular flexibility index (Phi) is 5.75. The number of aromatic nitrogens is 1. The van der Waals surface area contributed by atoms with Crippen LogP contribution in [0.5, 0.6) is 0 Å². The van der Waals surface area contributed by atoms with E-state index in [-0.39, 0.29) is 39.3 Å². The summed E-state index contributed by atoms with van der Waals surface area (Å²) in [5.74, 6) is 1.40. The van der Waals surface area contributed by atoms with E-state index in [1.807, 2.05) is 12.3 Å². The van der Waals surface area contributed by atoms with E-state index in [1.165, 1.54) is 11.1 Å². The first kappa shape index (κ1) is 25.7. The molecule has 0 bridgehead atoms. The van der Waals surface area contributed by atoms with Gasteiger partial charge in [-0.1, -0.05) is 59.2 Å². The van der Waals surface area contributed by atoms with Gasteiger partial charge < -0.3 is 9.63 Å². The van der Waals surface area contributed by atoms with Gasteiger partial charge in [0.15, 0.2) is 5.78 Å². The lowest BCUT2D eigenvalue weighted by Gasteiger charge is -2.62. The van der Waals surface area contributed by atoms with Gasteiger partial charge in [-0.05, 0) is 90.9 Å². The van der Waals surface area contributed by atoms with Crippen LogP contribution >= 0.6 is 0 Å². The predicted molar refractivity (Wildman–Crippen MR) is 139 cm³/mol. The molecule has 5 rings (SSSR count). The molecule has 7 atom stereocenters. The van der Waals surface area contributed by atoms with Crippen molar-refractivity contribution < 1.29 is 19.2 Å². The van der Waals surface area contributed by atoms with E-state index < -0.39 is 11.4 Å². The van der Waals surface area contributed by atoms with Gasteiger partial charge in [0.25, 0.3) is 0 Å². The van der Waals surface area contributed by atoms with Crippen molar-refractivity contribution in [2.45, 2.75) is 112 Å². The first-order chi connectivity index (χ1) is 16.7. The van der Waals surface area contributed by atoms with Gasteiger partial charge in [0.1, 0.15) is 5.76 Å². The molecule has 0 aliphatic heterocycles. The van der Waals surface area contributed by atoms with Crippen molar-refractivity contribution in [3.05, 3.63) is 29.2 Å². The van der Waals surface area contributed by atoms with Gasteiger partial charge in [0.05, 0.1) is 11.6 Å². The van der Waals surface area contributed by atoms with Crippen LogP contribution in [-0.2, 0) is 16.0 Å². The van der Waals surface area contributed by atoms with Crippen LogP contribution in [-0.4, -0.2) is 22.0 Å². The molecule has 1 N–H and O–H groups in total. The summed E-state index contributed by atoms with van der Waals surface area (Å²) in [5.41, 5.74) is 1.47. The first-order valence-corrected chi connectivity index (χ1v) is 14.1. The second-order valence-electron chi connectivity index (χ2n) is 14.6. The zero-order chi connectivity index (χ0) is 26.3. The molecule has 198 valence electrons. The van der Waals surface area contributed by atoms with Crippen molar-refractivity contribution in [3.63, 3.8) is 0 Å². The van der Waals surface area contributed by atoms with Gasteiger partial charge in [-0.25, -0.2) is 0 Å². The molecule has 0 aromatic carbocycles. The molecule has 4 aliphatic rings. The van der Waals surface area contributed by atoms with Crippen molar-refractivity contribution in [2.75, 3.05) is 0 Å². The molecule has 4 aliphatic carbocycles. The summed E-state index contributed by atoms with van der Waals surface area (Å²) in [6, 6.07) is 0. The lowest BCUT2D eigenvalue weighted by molar-refractivity contribution is -0.159. The number of aliphatic carboxylic acids is 1. The summed E-state index contributed by atoms with van der Waals surface area (Å²) in [7, 11) is 0. The fraction of sp³-hybridized carbons (Fsp3) is 0.774. The molecule has 0 spiro atoms. The smallest absolute Gasteiger partial charge is 0.309 e. The Hall–Kier alpha value is -1.91. The maximum Gasteiger partial charge on any atom is 0.309 e. The first-order valence-electron chi connectivity index (χ1n) is 14.1. The van der Waals surface area contributed by atoms with Gasteiger partial charge in [0.2, 0.25) is 0 Å². The Bertz CT molecular complexity index is 1120.